The van der Waals surface area contributed by atoms with Crippen LogP contribution < -0.4 is 10.6 Å². The first kappa shape index (κ1) is 15.1. The van der Waals surface area contributed by atoms with E-state index in [0.29, 0.717) is 5.69 Å². The lowest BCUT2D eigenvalue weighted by Gasteiger charge is -2.14. The molecule has 0 unspecified atom stereocenters. The molecule has 0 aromatic heterocycles. The number of hydrogen-bond donors (Lipinski definition) is 2. The van der Waals surface area contributed by atoms with Gasteiger partial charge in [0.2, 0.25) is 0 Å². The minimum Gasteiger partial charge on any atom is -0.354 e. The summed E-state index contributed by atoms with van der Waals surface area (Å²) in [5, 5.41) is 4.96. The van der Waals surface area contributed by atoms with Crippen LogP contribution in [0.1, 0.15) is 5.56 Å². The maximum Gasteiger partial charge on any atom is 0.313 e. The molecule has 1 rings (SSSR count). The molecule has 6 heteroatoms. The van der Waals surface area contributed by atoms with Crippen molar-refractivity contribution in [1.82, 2.24) is 5.32 Å². The van der Waals surface area contributed by atoms with Crippen LogP contribution in [0.2, 0.25) is 0 Å². The van der Waals surface area contributed by atoms with Crippen molar-refractivity contribution in [2.75, 3.05) is 26.1 Å². The highest BCUT2D eigenvalue weighted by Crippen LogP contribution is 2.12. The molecule has 0 heterocycles. The summed E-state index contributed by atoms with van der Waals surface area (Å²) in [5.74, 6) is -1.46. The Morgan fingerprint density at radius 3 is 2.37 bits per heavy atom. The highest BCUT2D eigenvalue weighted by atomic mass is 16.7. The van der Waals surface area contributed by atoms with Gasteiger partial charge in [-0.3, -0.25) is 9.59 Å². The number of para-hydroxylation sites is 1. The molecule has 1 aromatic rings. The molecule has 19 heavy (non-hydrogen) atoms. The first-order valence-corrected chi connectivity index (χ1v) is 5.79. The molecule has 0 saturated heterocycles. The lowest BCUT2D eigenvalue weighted by molar-refractivity contribution is -0.139. The third-order valence-corrected chi connectivity index (χ3v) is 2.55. The second kappa shape index (κ2) is 7.50. The lowest BCUT2D eigenvalue weighted by atomic mass is 10.2. The molecule has 0 saturated carbocycles. The van der Waals surface area contributed by atoms with Crippen molar-refractivity contribution in [3.8, 4) is 0 Å². The smallest absolute Gasteiger partial charge is 0.313 e. The van der Waals surface area contributed by atoms with Gasteiger partial charge in [-0.25, -0.2) is 0 Å². The number of rotatable bonds is 5. The zero-order valence-electron chi connectivity index (χ0n) is 11.2. The van der Waals surface area contributed by atoms with E-state index in [1.807, 2.05) is 19.1 Å². The van der Waals surface area contributed by atoms with Crippen molar-refractivity contribution in [2.24, 2.45) is 0 Å². The van der Waals surface area contributed by atoms with E-state index in [9.17, 15) is 9.59 Å². The van der Waals surface area contributed by atoms with Crippen molar-refractivity contribution in [1.29, 1.82) is 0 Å². The van der Waals surface area contributed by atoms with Crippen LogP contribution in [0.4, 0.5) is 5.69 Å². The second-order valence-corrected chi connectivity index (χ2v) is 3.88. The first-order valence-electron chi connectivity index (χ1n) is 5.79. The van der Waals surface area contributed by atoms with Gasteiger partial charge in [-0.05, 0) is 18.6 Å². The van der Waals surface area contributed by atoms with Crippen LogP contribution >= 0.6 is 0 Å². The summed E-state index contributed by atoms with van der Waals surface area (Å²) in [6.07, 6.45) is -0.574. The van der Waals surface area contributed by atoms with Gasteiger partial charge in [0.05, 0.1) is 6.54 Å². The summed E-state index contributed by atoms with van der Waals surface area (Å²) in [6, 6.07) is 7.21. The van der Waals surface area contributed by atoms with E-state index in [-0.39, 0.29) is 6.54 Å². The normalized spacial score (nSPS) is 10.3. The molecule has 0 radical (unpaired) electrons. The van der Waals surface area contributed by atoms with E-state index in [2.05, 4.69) is 10.6 Å². The number of hydrogen-bond acceptors (Lipinski definition) is 4. The number of anilines is 1. The molecule has 2 amide bonds. The van der Waals surface area contributed by atoms with E-state index in [4.69, 9.17) is 9.47 Å². The van der Waals surface area contributed by atoms with Crippen LogP contribution in [-0.2, 0) is 19.1 Å². The van der Waals surface area contributed by atoms with Gasteiger partial charge in [0, 0.05) is 19.9 Å². The van der Waals surface area contributed by atoms with Crippen molar-refractivity contribution in [3.05, 3.63) is 29.8 Å². The quantitative estimate of drug-likeness (QED) is 0.606. The van der Waals surface area contributed by atoms with Gasteiger partial charge in [0.1, 0.15) is 0 Å². The van der Waals surface area contributed by atoms with E-state index in [1.54, 1.807) is 12.1 Å². The summed E-state index contributed by atoms with van der Waals surface area (Å²) < 4.78 is 9.80. The predicted molar refractivity (Wildman–Crippen MR) is 70.6 cm³/mol. The molecule has 6 nitrogen and oxygen atoms in total. The van der Waals surface area contributed by atoms with Crippen molar-refractivity contribution in [2.45, 2.75) is 13.2 Å². The van der Waals surface area contributed by atoms with Crippen molar-refractivity contribution < 1.29 is 19.1 Å². The fraction of sp³-hybridized carbons (Fsp3) is 0.385. The Hall–Kier alpha value is -1.92. The topological polar surface area (TPSA) is 76.7 Å². The minimum atomic E-state index is -0.734. The number of carbonyl (C=O) groups is 2. The maximum atomic E-state index is 11.6. The number of aryl methyl sites for hydroxylation is 1. The zero-order chi connectivity index (χ0) is 14.3. The van der Waals surface area contributed by atoms with Crippen LogP contribution in [0.25, 0.3) is 0 Å². The van der Waals surface area contributed by atoms with Crippen LogP contribution in [0, 0.1) is 6.92 Å². The van der Waals surface area contributed by atoms with E-state index >= 15 is 0 Å². The predicted octanol–water partition coefficient (Wildman–Crippen LogP) is 0.669. The zero-order valence-corrected chi connectivity index (χ0v) is 11.2. The average Bonchev–Trinajstić information content (AvgIpc) is 2.42. The number of methoxy groups -OCH3 is 2. The summed E-state index contributed by atoms with van der Waals surface area (Å²) >= 11 is 0. The van der Waals surface area contributed by atoms with Gasteiger partial charge in [-0.2, -0.15) is 0 Å². The van der Waals surface area contributed by atoms with E-state index in [0.717, 1.165) is 5.56 Å². The molecule has 0 spiro atoms. The Morgan fingerprint density at radius 2 is 1.79 bits per heavy atom. The van der Waals surface area contributed by atoms with Gasteiger partial charge in [-0.15, -0.1) is 0 Å². The second-order valence-electron chi connectivity index (χ2n) is 3.88. The fourth-order valence-corrected chi connectivity index (χ4v) is 1.41. The summed E-state index contributed by atoms with van der Waals surface area (Å²) in [5.41, 5.74) is 1.49. The van der Waals surface area contributed by atoms with Gasteiger partial charge in [-0.1, -0.05) is 18.2 Å². The molecule has 0 fully saturated rings. The molecule has 0 bridgehead atoms. The Morgan fingerprint density at radius 1 is 1.16 bits per heavy atom. The standard InChI is InChI=1S/C13H18N2O4/c1-9-6-4-5-7-10(9)15-13(17)12(16)14-8-11(18-2)19-3/h4-7,11H,8H2,1-3H3,(H,14,16)(H,15,17). The summed E-state index contributed by atoms with van der Waals surface area (Å²) in [7, 11) is 2.90. The molecule has 104 valence electrons. The monoisotopic (exact) mass is 266 g/mol. The summed E-state index contributed by atoms with van der Waals surface area (Å²) in [6.45, 7) is 1.95. The fourth-order valence-electron chi connectivity index (χ4n) is 1.41. The van der Waals surface area contributed by atoms with Crippen LogP contribution in [0.3, 0.4) is 0 Å². The molecule has 0 aliphatic heterocycles. The van der Waals surface area contributed by atoms with Gasteiger partial charge >= 0.3 is 11.8 Å². The van der Waals surface area contributed by atoms with Crippen molar-refractivity contribution in [3.63, 3.8) is 0 Å². The largest absolute Gasteiger partial charge is 0.354 e. The number of ether oxygens (including phenoxy) is 2. The molecular weight excluding hydrogens is 248 g/mol. The number of carbonyl (C=O) groups excluding carboxylic acids is 2. The van der Waals surface area contributed by atoms with Gasteiger partial charge in [0.25, 0.3) is 0 Å². The third-order valence-electron chi connectivity index (χ3n) is 2.55. The highest BCUT2D eigenvalue weighted by Gasteiger charge is 2.16. The Kier molecular flexibility index (Phi) is 5.98. The molecule has 1 aromatic carbocycles. The minimum absolute atomic E-state index is 0.104. The SMILES string of the molecule is COC(CNC(=O)C(=O)Nc1ccccc1C)OC. The molecule has 0 aliphatic carbocycles. The van der Waals surface area contributed by atoms with Crippen LogP contribution in [0.5, 0.6) is 0 Å². The molecular formula is C13H18N2O4. The molecule has 0 aliphatic rings. The Bertz CT molecular complexity index is 444. The van der Waals surface area contributed by atoms with Gasteiger partial charge in [0.15, 0.2) is 6.29 Å². The highest BCUT2D eigenvalue weighted by molar-refractivity contribution is 6.39. The van der Waals surface area contributed by atoms with Crippen LogP contribution in [-0.4, -0.2) is 38.9 Å². The molecule has 0 atom stereocenters. The maximum absolute atomic E-state index is 11.6. The van der Waals surface area contributed by atoms with Crippen molar-refractivity contribution >= 4 is 17.5 Å². The van der Waals surface area contributed by atoms with E-state index in [1.165, 1.54) is 14.2 Å². The Balaban J connectivity index is 2.50. The average molecular weight is 266 g/mol. The molecule has 2 N–H and O–H groups in total. The van der Waals surface area contributed by atoms with Crippen LogP contribution in [0.15, 0.2) is 24.3 Å². The summed E-state index contributed by atoms with van der Waals surface area (Å²) in [4.78, 5) is 23.2. The van der Waals surface area contributed by atoms with Gasteiger partial charge < -0.3 is 20.1 Å². The number of nitrogens with one attached hydrogen (secondary N) is 2. The number of amides is 2. The number of benzene rings is 1. The third kappa shape index (κ3) is 4.69. The van der Waals surface area contributed by atoms with E-state index < -0.39 is 18.1 Å². The Labute approximate surface area is 112 Å². The lowest BCUT2D eigenvalue weighted by Crippen LogP contribution is -2.40. The first-order chi connectivity index (χ1) is 9.08.